The normalized spacial score (nSPS) is 44.3. The Morgan fingerprint density at radius 3 is 0.692 bits per heavy atom. The first-order chi connectivity index (χ1) is 4.90. The van der Waals surface area contributed by atoms with Crippen molar-refractivity contribution in [3.8, 4) is 0 Å². The summed E-state index contributed by atoms with van der Waals surface area (Å²) in [6.45, 7) is 7.12. The van der Waals surface area contributed by atoms with Crippen LogP contribution in [0.3, 0.4) is 0 Å². The number of nitrogens with zero attached hydrogens (tertiary/aromatic N) is 4. The Balaban J connectivity index is 0.000000480. The molecule has 7 heteroatoms. The van der Waals surface area contributed by atoms with Crippen LogP contribution in [0.15, 0.2) is 0 Å². The first kappa shape index (κ1) is 13.7. The molecule has 4 nitrogen and oxygen atoms in total. The second-order valence-electron chi connectivity index (χ2n) is 3.53. The lowest BCUT2D eigenvalue weighted by Gasteiger charge is -2.56. The molecule has 0 N–H and O–H groups in total. The van der Waals surface area contributed by atoms with E-state index in [9.17, 15) is 0 Å². The van der Waals surface area contributed by atoms with Crippen molar-refractivity contribution >= 4 is 37.2 Å². The third kappa shape index (κ3) is 2.39. The maximum atomic E-state index is 2.47. The number of hydrogen-bond acceptors (Lipinski definition) is 4. The second kappa shape index (κ2) is 4.98. The first-order valence-electron chi connectivity index (χ1n) is 3.79. The van der Waals surface area contributed by atoms with Crippen LogP contribution in [0.4, 0.5) is 0 Å². The van der Waals surface area contributed by atoms with Gasteiger partial charge in [-0.2, -0.15) is 0 Å². The maximum absolute atomic E-state index is 2.47. The van der Waals surface area contributed by atoms with Crippen molar-refractivity contribution in [3.05, 3.63) is 0 Å². The van der Waals surface area contributed by atoms with Crippen LogP contribution in [0.25, 0.3) is 0 Å². The molecule has 13 heavy (non-hydrogen) atoms. The van der Waals surface area contributed by atoms with Gasteiger partial charge < -0.3 is 0 Å². The molecule has 4 saturated heterocycles. The number of rotatable bonds is 0. The Hall–Kier alpha value is 0.710. The van der Waals surface area contributed by atoms with Gasteiger partial charge in [0, 0.05) is 0 Å². The zero-order valence-electron chi connectivity index (χ0n) is 7.26. The van der Waals surface area contributed by atoms with Crippen LogP contribution in [0, 0.1) is 0 Å². The predicted octanol–water partition coefficient (Wildman–Crippen LogP) is 0.246. The fourth-order valence-electron chi connectivity index (χ4n) is 2.23. The Labute approximate surface area is 97.0 Å². The molecule has 0 atom stereocenters. The summed E-state index contributed by atoms with van der Waals surface area (Å²) in [5, 5.41) is 0. The van der Waals surface area contributed by atoms with Crippen LogP contribution in [0.5, 0.6) is 0 Å². The van der Waals surface area contributed by atoms with Gasteiger partial charge in [-0.25, -0.2) is 0 Å². The van der Waals surface area contributed by atoms with Crippen LogP contribution < -0.4 is 0 Å². The van der Waals surface area contributed by atoms with Crippen molar-refractivity contribution in [2.75, 3.05) is 40.0 Å². The van der Waals surface area contributed by atoms with E-state index in [1.807, 2.05) is 0 Å². The molecule has 0 aliphatic carbocycles. The molecular weight excluding hydrogens is 234 g/mol. The number of halogens is 3. The zero-order valence-corrected chi connectivity index (χ0v) is 9.71. The van der Waals surface area contributed by atoms with Crippen molar-refractivity contribution in [1.29, 1.82) is 0 Å². The van der Waals surface area contributed by atoms with Gasteiger partial charge in [0.2, 0.25) is 0 Å². The van der Waals surface area contributed by atoms with Crippen LogP contribution in [-0.2, 0) is 0 Å². The minimum absolute atomic E-state index is 0. The molecule has 0 aromatic rings. The minimum Gasteiger partial charge on any atom is -0.264 e. The van der Waals surface area contributed by atoms with Gasteiger partial charge in [-0.1, -0.05) is 0 Å². The van der Waals surface area contributed by atoms with Gasteiger partial charge in [-0.3, -0.25) is 19.6 Å². The lowest BCUT2D eigenvalue weighted by atomic mass is 10.4. The van der Waals surface area contributed by atoms with Crippen LogP contribution >= 0.6 is 37.2 Å². The van der Waals surface area contributed by atoms with Gasteiger partial charge in [0.1, 0.15) is 0 Å². The Morgan fingerprint density at radius 2 is 0.538 bits per heavy atom. The molecule has 4 heterocycles. The van der Waals surface area contributed by atoms with Gasteiger partial charge in [0.15, 0.2) is 0 Å². The zero-order chi connectivity index (χ0) is 6.55. The SMILES string of the molecule is C1N2CN3CN1CN(C2)C3.Cl.Cl.Cl. The lowest BCUT2D eigenvalue weighted by Crippen LogP contribution is -2.71. The Kier molecular flexibility index (Phi) is 5.25. The van der Waals surface area contributed by atoms with E-state index >= 15 is 0 Å². The summed E-state index contributed by atoms with van der Waals surface area (Å²) in [5.41, 5.74) is 0. The third-order valence-electron chi connectivity index (χ3n) is 2.40. The molecule has 4 aliphatic heterocycles. The van der Waals surface area contributed by atoms with E-state index in [0.29, 0.717) is 0 Å². The molecule has 4 aliphatic rings. The highest BCUT2D eigenvalue weighted by Gasteiger charge is 2.36. The quantitative estimate of drug-likeness (QED) is 0.610. The average Bonchev–Trinajstić information content (AvgIpc) is 1.82. The molecule has 0 aromatic heterocycles. The summed E-state index contributed by atoms with van der Waals surface area (Å²) in [5.74, 6) is 0. The summed E-state index contributed by atoms with van der Waals surface area (Å²) in [7, 11) is 0. The van der Waals surface area contributed by atoms with E-state index in [2.05, 4.69) is 19.6 Å². The molecular formula is C6H15Cl3N4. The molecule has 0 unspecified atom stereocenters. The van der Waals surface area contributed by atoms with Gasteiger partial charge in [0.05, 0.1) is 40.0 Å². The molecule has 80 valence electrons. The molecule has 0 amide bonds. The second-order valence-corrected chi connectivity index (χ2v) is 3.53. The van der Waals surface area contributed by atoms with Crippen molar-refractivity contribution in [3.63, 3.8) is 0 Å². The maximum Gasteiger partial charge on any atom is 0.0555 e. The molecule has 0 aromatic carbocycles. The van der Waals surface area contributed by atoms with E-state index in [1.54, 1.807) is 0 Å². The summed E-state index contributed by atoms with van der Waals surface area (Å²) < 4.78 is 0. The van der Waals surface area contributed by atoms with Crippen molar-refractivity contribution < 1.29 is 0 Å². The summed E-state index contributed by atoms with van der Waals surface area (Å²) in [6, 6.07) is 0. The topological polar surface area (TPSA) is 13.0 Å². The number of hydrogen-bond donors (Lipinski definition) is 0. The monoisotopic (exact) mass is 248 g/mol. The van der Waals surface area contributed by atoms with Crippen molar-refractivity contribution in [2.45, 2.75) is 0 Å². The summed E-state index contributed by atoms with van der Waals surface area (Å²) in [4.78, 5) is 9.88. The van der Waals surface area contributed by atoms with Crippen molar-refractivity contribution in [2.24, 2.45) is 0 Å². The third-order valence-corrected chi connectivity index (χ3v) is 2.40. The Bertz CT molecular complexity index is 111. The van der Waals surface area contributed by atoms with E-state index in [-0.39, 0.29) is 37.2 Å². The molecule has 4 rings (SSSR count). The molecule has 4 fully saturated rings. The minimum atomic E-state index is 0. The largest absolute Gasteiger partial charge is 0.264 e. The fraction of sp³-hybridized carbons (Fsp3) is 1.00. The molecule has 0 radical (unpaired) electrons. The van der Waals surface area contributed by atoms with Gasteiger partial charge >= 0.3 is 0 Å². The van der Waals surface area contributed by atoms with Crippen molar-refractivity contribution in [1.82, 2.24) is 19.6 Å². The highest BCUT2D eigenvalue weighted by Crippen LogP contribution is 2.20. The van der Waals surface area contributed by atoms with Gasteiger partial charge in [-0.15, -0.1) is 37.2 Å². The van der Waals surface area contributed by atoms with E-state index in [4.69, 9.17) is 0 Å². The van der Waals surface area contributed by atoms with Crippen LogP contribution in [-0.4, -0.2) is 59.6 Å². The predicted molar refractivity (Wildman–Crippen MR) is 58.3 cm³/mol. The van der Waals surface area contributed by atoms with Gasteiger partial charge in [-0.05, 0) is 0 Å². The molecule has 0 spiro atoms. The van der Waals surface area contributed by atoms with Crippen LogP contribution in [0.2, 0.25) is 0 Å². The fourth-order valence-corrected chi connectivity index (χ4v) is 2.23. The Morgan fingerprint density at radius 1 is 0.385 bits per heavy atom. The van der Waals surface area contributed by atoms with E-state index in [0.717, 1.165) is 0 Å². The van der Waals surface area contributed by atoms with Crippen LogP contribution in [0.1, 0.15) is 0 Å². The average molecular weight is 250 g/mol. The molecule has 0 saturated carbocycles. The first-order valence-corrected chi connectivity index (χ1v) is 3.79. The summed E-state index contributed by atoms with van der Waals surface area (Å²) in [6.07, 6.45) is 0. The molecule has 4 bridgehead atoms. The summed E-state index contributed by atoms with van der Waals surface area (Å²) >= 11 is 0. The highest BCUT2D eigenvalue weighted by molar-refractivity contribution is 5.86. The van der Waals surface area contributed by atoms with E-state index < -0.39 is 0 Å². The van der Waals surface area contributed by atoms with E-state index in [1.165, 1.54) is 40.0 Å². The standard InChI is InChI=1S/C6H12N4.3ClH/c1-7-2-9-4-8(1)5-10(3-7)6-9;;;/h1-6H2;3*1H. The highest BCUT2D eigenvalue weighted by atomic mass is 35.5. The smallest absolute Gasteiger partial charge is 0.0555 e. The lowest BCUT2D eigenvalue weighted by molar-refractivity contribution is -0.194. The van der Waals surface area contributed by atoms with Gasteiger partial charge in [0.25, 0.3) is 0 Å².